The third-order valence-corrected chi connectivity index (χ3v) is 4.21. The van der Waals surface area contributed by atoms with E-state index in [4.69, 9.17) is 0 Å². The number of carbonyl (C=O) groups is 2. The molecule has 2 N–H and O–H groups in total. The van der Waals surface area contributed by atoms with Crippen molar-refractivity contribution in [1.82, 2.24) is 10.6 Å². The zero-order valence-electron chi connectivity index (χ0n) is 9.15. The highest BCUT2D eigenvalue weighted by Crippen LogP contribution is 2.17. The summed E-state index contributed by atoms with van der Waals surface area (Å²) in [4.78, 5) is 21.7. The Balaban J connectivity index is 2.20. The highest BCUT2D eigenvalue weighted by molar-refractivity contribution is 7.91. The molecule has 2 amide bonds. The molecule has 1 saturated heterocycles. The second-order valence-electron chi connectivity index (χ2n) is 4.03. The summed E-state index contributed by atoms with van der Waals surface area (Å²) in [6, 6.07) is -0.431. The summed E-state index contributed by atoms with van der Waals surface area (Å²) < 4.78 is 22.3. The van der Waals surface area contributed by atoms with Crippen LogP contribution in [0.1, 0.15) is 13.3 Å². The molecule has 1 rings (SSSR count). The lowest BCUT2D eigenvalue weighted by Crippen LogP contribution is -2.40. The molecule has 1 heterocycles. The van der Waals surface area contributed by atoms with Crippen molar-refractivity contribution >= 4 is 21.7 Å². The molecule has 1 atom stereocenters. The van der Waals surface area contributed by atoms with E-state index < -0.39 is 15.9 Å². The highest BCUT2D eigenvalue weighted by Gasteiger charge is 2.27. The van der Waals surface area contributed by atoms with Crippen LogP contribution in [0.5, 0.6) is 0 Å². The fourth-order valence-electron chi connectivity index (χ4n) is 1.54. The van der Waals surface area contributed by atoms with Crippen molar-refractivity contribution in [2.45, 2.75) is 13.3 Å². The summed E-state index contributed by atoms with van der Waals surface area (Å²) >= 11 is 0. The number of sulfone groups is 1. The lowest BCUT2D eigenvalue weighted by atomic mass is 10.1. The zero-order chi connectivity index (χ0) is 12.2. The van der Waals surface area contributed by atoms with Crippen molar-refractivity contribution in [3.8, 4) is 0 Å². The van der Waals surface area contributed by atoms with E-state index in [1.165, 1.54) is 6.92 Å². The standard InChI is InChI=1S/C9H16N2O4S/c1-7(12)4-10-9(13)11-5-8-2-3-16(14,15)6-8/h8H,2-6H2,1H3,(H2,10,11,13). The minimum absolute atomic E-state index is 0.00516. The predicted molar refractivity (Wildman–Crippen MR) is 58.8 cm³/mol. The summed E-state index contributed by atoms with van der Waals surface area (Å²) in [6.45, 7) is 1.71. The summed E-state index contributed by atoms with van der Waals surface area (Å²) in [7, 11) is -2.89. The molecule has 0 bridgehead atoms. The Labute approximate surface area is 94.7 Å². The Morgan fingerprint density at radius 3 is 2.50 bits per heavy atom. The van der Waals surface area contributed by atoms with Crippen LogP contribution >= 0.6 is 0 Å². The molecule has 92 valence electrons. The maximum atomic E-state index is 11.1. The largest absolute Gasteiger partial charge is 0.338 e. The SMILES string of the molecule is CC(=O)CNC(=O)NCC1CCS(=O)(=O)C1. The molecule has 0 radical (unpaired) electrons. The van der Waals surface area contributed by atoms with Crippen molar-refractivity contribution in [3.63, 3.8) is 0 Å². The van der Waals surface area contributed by atoms with Crippen LogP contribution in [0.3, 0.4) is 0 Å². The van der Waals surface area contributed by atoms with Gasteiger partial charge < -0.3 is 10.6 Å². The highest BCUT2D eigenvalue weighted by atomic mass is 32.2. The summed E-state index contributed by atoms with van der Waals surface area (Å²) in [6.07, 6.45) is 0.593. The molecule has 0 aliphatic carbocycles. The van der Waals surface area contributed by atoms with E-state index >= 15 is 0 Å². The summed E-state index contributed by atoms with van der Waals surface area (Å²) in [5, 5.41) is 4.93. The predicted octanol–water partition coefficient (Wildman–Crippen LogP) is -0.691. The number of nitrogens with one attached hydrogen (secondary N) is 2. The molecule has 6 nitrogen and oxygen atoms in total. The number of hydrogen-bond donors (Lipinski definition) is 2. The summed E-state index contributed by atoms with van der Waals surface area (Å²) in [5.41, 5.74) is 0. The van der Waals surface area contributed by atoms with Crippen LogP contribution in [-0.4, -0.2) is 44.8 Å². The second kappa shape index (κ2) is 5.29. The Kier molecular flexibility index (Phi) is 4.28. The van der Waals surface area contributed by atoms with Crippen molar-refractivity contribution in [3.05, 3.63) is 0 Å². The van der Waals surface area contributed by atoms with Crippen molar-refractivity contribution in [2.24, 2.45) is 5.92 Å². The molecule has 1 unspecified atom stereocenters. The molecule has 1 fully saturated rings. The first-order valence-corrected chi connectivity index (χ1v) is 6.93. The van der Waals surface area contributed by atoms with Crippen molar-refractivity contribution in [1.29, 1.82) is 0 Å². The van der Waals surface area contributed by atoms with Gasteiger partial charge in [-0.25, -0.2) is 13.2 Å². The molecule has 1 aliphatic rings. The molecule has 0 spiro atoms. The Morgan fingerprint density at radius 1 is 1.31 bits per heavy atom. The Morgan fingerprint density at radius 2 is 2.00 bits per heavy atom. The maximum absolute atomic E-state index is 11.1. The van der Waals surface area contributed by atoms with Crippen LogP contribution in [0, 0.1) is 5.92 Å². The third kappa shape index (κ3) is 4.61. The van der Waals surface area contributed by atoms with Gasteiger partial charge in [-0.05, 0) is 19.3 Å². The van der Waals surface area contributed by atoms with Crippen LogP contribution in [0.25, 0.3) is 0 Å². The molecular weight excluding hydrogens is 232 g/mol. The smallest absolute Gasteiger partial charge is 0.315 e. The van der Waals surface area contributed by atoms with Crippen LogP contribution in [-0.2, 0) is 14.6 Å². The summed E-state index contributed by atoms with van der Waals surface area (Å²) in [5.74, 6) is 0.209. The van der Waals surface area contributed by atoms with Gasteiger partial charge in [0.25, 0.3) is 0 Å². The number of Topliss-reactive ketones (excluding diaryl/α,β-unsaturated/α-hetero) is 1. The normalized spacial score (nSPS) is 22.7. The number of hydrogen-bond acceptors (Lipinski definition) is 4. The average Bonchev–Trinajstić information content (AvgIpc) is 2.52. The second-order valence-corrected chi connectivity index (χ2v) is 6.26. The topological polar surface area (TPSA) is 92.3 Å². The van der Waals surface area contributed by atoms with E-state index in [2.05, 4.69) is 10.6 Å². The number of carbonyl (C=O) groups excluding carboxylic acids is 2. The lowest BCUT2D eigenvalue weighted by Gasteiger charge is -2.09. The van der Waals surface area contributed by atoms with Gasteiger partial charge >= 0.3 is 6.03 Å². The first-order valence-electron chi connectivity index (χ1n) is 5.10. The minimum atomic E-state index is -2.89. The molecule has 0 aromatic carbocycles. The number of urea groups is 1. The average molecular weight is 248 g/mol. The quantitative estimate of drug-likeness (QED) is 0.688. The van der Waals surface area contributed by atoms with Gasteiger partial charge in [-0.2, -0.15) is 0 Å². The first kappa shape index (κ1) is 13.0. The molecule has 0 aromatic heterocycles. The van der Waals surface area contributed by atoms with Gasteiger partial charge in [0.1, 0.15) is 5.78 Å². The van der Waals surface area contributed by atoms with Gasteiger partial charge in [0.2, 0.25) is 0 Å². The number of rotatable bonds is 4. The van der Waals surface area contributed by atoms with Crippen LogP contribution in [0.4, 0.5) is 4.79 Å². The van der Waals surface area contributed by atoms with Crippen LogP contribution in [0.15, 0.2) is 0 Å². The molecule has 16 heavy (non-hydrogen) atoms. The van der Waals surface area contributed by atoms with E-state index in [0.29, 0.717) is 13.0 Å². The zero-order valence-corrected chi connectivity index (χ0v) is 9.97. The molecule has 1 aliphatic heterocycles. The lowest BCUT2D eigenvalue weighted by molar-refractivity contribution is -0.116. The minimum Gasteiger partial charge on any atom is -0.338 e. The van der Waals surface area contributed by atoms with E-state index in [-0.39, 0.29) is 29.8 Å². The van der Waals surface area contributed by atoms with Gasteiger partial charge in [0.15, 0.2) is 9.84 Å². The molecular formula is C9H16N2O4S. The fraction of sp³-hybridized carbons (Fsp3) is 0.778. The first-order chi connectivity index (χ1) is 7.39. The molecule has 0 aromatic rings. The van der Waals surface area contributed by atoms with E-state index in [1.54, 1.807) is 0 Å². The fourth-order valence-corrected chi connectivity index (χ4v) is 3.40. The van der Waals surface area contributed by atoms with Gasteiger partial charge in [0.05, 0.1) is 18.1 Å². The van der Waals surface area contributed by atoms with Gasteiger partial charge in [0, 0.05) is 6.54 Å². The van der Waals surface area contributed by atoms with Crippen molar-refractivity contribution < 1.29 is 18.0 Å². The maximum Gasteiger partial charge on any atom is 0.315 e. The number of amides is 2. The van der Waals surface area contributed by atoms with Gasteiger partial charge in [-0.1, -0.05) is 0 Å². The Bertz CT molecular complexity index is 377. The van der Waals surface area contributed by atoms with E-state index in [9.17, 15) is 18.0 Å². The van der Waals surface area contributed by atoms with Crippen LogP contribution in [0.2, 0.25) is 0 Å². The van der Waals surface area contributed by atoms with Crippen molar-refractivity contribution in [2.75, 3.05) is 24.6 Å². The van der Waals surface area contributed by atoms with Crippen LogP contribution < -0.4 is 10.6 Å². The monoisotopic (exact) mass is 248 g/mol. The Hall–Kier alpha value is -1.11. The van der Waals surface area contributed by atoms with Gasteiger partial charge in [-0.15, -0.1) is 0 Å². The van der Waals surface area contributed by atoms with Gasteiger partial charge in [-0.3, -0.25) is 4.79 Å². The third-order valence-electron chi connectivity index (χ3n) is 2.38. The van der Waals surface area contributed by atoms with E-state index in [0.717, 1.165) is 0 Å². The van der Waals surface area contributed by atoms with E-state index in [1.807, 2.05) is 0 Å². The number of ketones is 1. The molecule has 0 saturated carbocycles. The molecule has 7 heteroatoms.